The van der Waals surface area contributed by atoms with Crippen LogP contribution in [0.15, 0.2) is 29.1 Å². The first-order chi connectivity index (χ1) is 9.10. The van der Waals surface area contributed by atoms with Gasteiger partial charge >= 0.3 is 0 Å². The van der Waals surface area contributed by atoms with Crippen LogP contribution in [0.3, 0.4) is 0 Å². The lowest BCUT2D eigenvalue weighted by Gasteiger charge is -2.07. The topological polar surface area (TPSA) is 48.6 Å². The maximum absolute atomic E-state index is 12.1. The van der Waals surface area contributed by atoms with Gasteiger partial charge in [0.1, 0.15) is 0 Å². The molecule has 3 heteroatoms. The van der Waals surface area contributed by atoms with Crippen LogP contribution in [-0.4, -0.2) is 9.97 Å². The van der Waals surface area contributed by atoms with Crippen LogP contribution in [0.1, 0.15) is 37.9 Å². The minimum atomic E-state index is -0.0145. The van der Waals surface area contributed by atoms with Gasteiger partial charge in [0.2, 0.25) is 0 Å². The molecule has 3 aromatic rings. The lowest BCUT2D eigenvalue weighted by molar-refractivity contribution is 0.868. The number of benzene rings is 1. The Morgan fingerprint density at radius 1 is 1.11 bits per heavy atom. The fourth-order valence-electron chi connectivity index (χ4n) is 2.52. The van der Waals surface area contributed by atoms with Gasteiger partial charge < -0.3 is 9.97 Å². The van der Waals surface area contributed by atoms with Gasteiger partial charge in [0.15, 0.2) is 0 Å². The van der Waals surface area contributed by atoms with Crippen molar-refractivity contribution in [3.63, 3.8) is 0 Å². The van der Waals surface area contributed by atoms with Crippen LogP contribution in [0.4, 0.5) is 0 Å². The quantitative estimate of drug-likeness (QED) is 0.719. The molecule has 0 spiro atoms. The summed E-state index contributed by atoms with van der Waals surface area (Å²) in [7, 11) is 0. The molecule has 3 nitrogen and oxygen atoms in total. The summed E-state index contributed by atoms with van der Waals surface area (Å²) >= 11 is 0. The number of aromatic nitrogens is 2. The smallest absolute Gasteiger partial charge is 0.257 e. The first-order valence-corrected chi connectivity index (χ1v) is 6.77. The fraction of sp³-hybridized carbons (Fsp3) is 0.312. The van der Waals surface area contributed by atoms with Crippen molar-refractivity contribution in [2.45, 2.75) is 33.1 Å². The van der Waals surface area contributed by atoms with Gasteiger partial charge in [-0.3, -0.25) is 4.79 Å². The van der Waals surface area contributed by atoms with Gasteiger partial charge in [-0.1, -0.05) is 32.9 Å². The number of nitrogens with one attached hydrogen (secondary N) is 2. The number of rotatable bonds is 2. The number of H-pyrrole nitrogens is 2. The van der Waals surface area contributed by atoms with Crippen LogP contribution >= 0.6 is 0 Å². The Hall–Kier alpha value is -2.03. The average Bonchev–Trinajstić information content (AvgIpc) is 2.83. The van der Waals surface area contributed by atoms with E-state index in [1.807, 2.05) is 6.07 Å². The molecule has 0 amide bonds. The molecule has 1 aromatic carbocycles. The molecule has 0 aliphatic heterocycles. The Bertz CT molecular complexity index is 809. The Kier molecular flexibility index (Phi) is 2.70. The molecule has 19 heavy (non-hydrogen) atoms. The second kappa shape index (κ2) is 4.26. The minimum absolute atomic E-state index is 0.0145. The van der Waals surface area contributed by atoms with E-state index < -0.39 is 0 Å². The van der Waals surface area contributed by atoms with Gasteiger partial charge in [0.25, 0.3) is 5.56 Å². The summed E-state index contributed by atoms with van der Waals surface area (Å²) in [5.74, 6) is 0.457. The summed E-state index contributed by atoms with van der Waals surface area (Å²) < 4.78 is 0. The summed E-state index contributed by atoms with van der Waals surface area (Å²) in [6, 6.07) is 8.26. The predicted octanol–water partition coefficient (Wildman–Crippen LogP) is 3.70. The Morgan fingerprint density at radius 2 is 1.89 bits per heavy atom. The third kappa shape index (κ3) is 1.86. The highest BCUT2D eigenvalue weighted by molar-refractivity contribution is 6.03. The zero-order valence-corrected chi connectivity index (χ0v) is 11.5. The third-order valence-electron chi connectivity index (χ3n) is 3.73. The summed E-state index contributed by atoms with van der Waals surface area (Å²) in [5.41, 5.74) is 4.18. The molecule has 0 fully saturated rings. The number of hydrogen-bond acceptors (Lipinski definition) is 1. The van der Waals surface area contributed by atoms with E-state index >= 15 is 0 Å². The molecule has 2 aromatic heterocycles. The van der Waals surface area contributed by atoms with E-state index in [9.17, 15) is 4.79 Å². The van der Waals surface area contributed by atoms with Crippen molar-refractivity contribution in [1.29, 1.82) is 0 Å². The highest BCUT2D eigenvalue weighted by Crippen LogP contribution is 2.25. The molecular weight excluding hydrogens is 236 g/mol. The lowest BCUT2D eigenvalue weighted by atomic mass is 10.0. The molecule has 2 N–H and O–H groups in total. The van der Waals surface area contributed by atoms with Crippen molar-refractivity contribution in [2.24, 2.45) is 0 Å². The van der Waals surface area contributed by atoms with E-state index in [1.54, 1.807) is 0 Å². The highest BCUT2D eigenvalue weighted by atomic mass is 16.1. The van der Waals surface area contributed by atoms with Gasteiger partial charge in [0.05, 0.1) is 16.4 Å². The van der Waals surface area contributed by atoms with Crippen molar-refractivity contribution in [3.05, 3.63) is 45.9 Å². The highest BCUT2D eigenvalue weighted by Gasteiger charge is 2.09. The van der Waals surface area contributed by atoms with Crippen molar-refractivity contribution < 1.29 is 0 Å². The van der Waals surface area contributed by atoms with Gasteiger partial charge in [-0.25, -0.2) is 0 Å². The van der Waals surface area contributed by atoms with Gasteiger partial charge in [-0.15, -0.1) is 0 Å². The molecule has 0 saturated carbocycles. The van der Waals surface area contributed by atoms with E-state index in [1.165, 1.54) is 5.56 Å². The van der Waals surface area contributed by atoms with Crippen molar-refractivity contribution >= 4 is 21.8 Å². The second-order valence-corrected chi connectivity index (χ2v) is 5.35. The average molecular weight is 254 g/mol. The monoisotopic (exact) mass is 254 g/mol. The van der Waals surface area contributed by atoms with Gasteiger partial charge in [-0.05, 0) is 30.0 Å². The second-order valence-electron chi connectivity index (χ2n) is 5.35. The number of fused-ring (bicyclic) bond motifs is 3. The predicted molar refractivity (Wildman–Crippen MR) is 79.9 cm³/mol. The van der Waals surface area contributed by atoms with Crippen LogP contribution in [0, 0.1) is 0 Å². The molecule has 0 unspecified atom stereocenters. The van der Waals surface area contributed by atoms with E-state index in [-0.39, 0.29) is 5.56 Å². The van der Waals surface area contributed by atoms with Crippen LogP contribution < -0.4 is 5.56 Å². The van der Waals surface area contributed by atoms with Crippen molar-refractivity contribution in [2.75, 3.05) is 0 Å². The van der Waals surface area contributed by atoms with E-state index in [0.29, 0.717) is 5.92 Å². The lowest BCUT2D eigenvalue weighted by Crippen LogP contribution is -2.05. The van der Waals surface area contributed by atoms with Crippen LogP contribution in [0.5, 0.6) is 0 Å². The molecule has 98 valence electrons. The van der Waals surface area contributed by atoms with Crippen LogP contribution in [0.2, 0.25) is 0 Å². The molecular formula is C16H18N2O. The van der Waals surface area contributed by atoms with Gasteiger partial charge in [0, 0.05) is 11.1 Å². The summed E-state index contributed by atoms with van der Waals surface area (Å²) in [5, 5.41) is 1.83. The molecule has 0 aliphatic carbocycles. The van der Waals surface area contributed by atoms with E-state index in [4.69, 9.17) is 0 Å². The zero-order chi connectivity index (χ0) is 13.6. The van der Waals surface area contributed by atoms with Crippen LogP contribution in [0.25, 0.3) is 21.8 Å². The van der Waals surface area contributed by atoms with Crippen LogP contribution in [-0.2, 0) is 6.42 Å². The summed E-state index contributed by atoms with van der Waals surface area (Å²) in [6.07, 6.45) is 0.902. The van der Waals surface area contributed by atoms with E-state index in [0.717, 1.165) is 33.9 Å². The third-order valence-corrected chi connectivity index (χ3v) is 3.73. The first kappa shape index (κ1) is 12.0. The van der Waals surface area contributed by atoms with Crippen molar-refractivity contribution in [1.82, 2.24) is 9.97 Å². The standard InChI is InChI=1S/C16H18N2O/c1-4-11-8-13-15(17-11)12-6-5-10(9(2)3)7-14(12)18-16(13)19/h5-9,17H,4H2,1-3H3,(H,18,19). The van der Waals surface area contributed by atoms with E-state index in [2.05, 4.69) is 48.9 Å². The molecule has 3 rings (SSSR count). The molecule has 2 heterocycles. The Morgan fingerprint density at radius 3 is 2.58 bits per heavy atom. The number of aromatic amines is 2. The molecule has 0 bridgehead atoms. The molecule has 0 aliphatic rings. The maximum Gasteiger partial charge on any atom is 0.257 e. The summed E-state index contributed by atoms with van der Waals surface area (Å²) in [6.45, 7) is 6.39. The Balaban J connectivity index is 2.40. The molecule has 0 radical (unpaired) electrons. The zero-order valence-electron chi connectivity index (χ0n) is 11.5. The fourth-order valence-corrected chi connectivity index (χ4v) is 2.52. The Labute approximate surface area is 111 Å². The number of aryl methyl sites for hydroxylation is 1. The molecule has 0 atom stereocenters. The minimum Gasteiger partial charge on any atom is -0.358 e. The molecule has 0 saturated heterocycles. The largest absolute Gasteiger partial charge is 0.358 e. The van der Waals surface area contributed by atoms with Crippen molar-refractivity contribution in [3.8, 4) is 0 Å². The summed E-state index contributed by atoms with van der Waals surface area (Å²) in [4.78, 5) is 18.5. The first-order valence-electron chi connectivity index (χ1n) is 6.77. The normalized spacial score (nSPS) is 11.8. The number of pyridine rings is 1. The van der Waals surface area contributed by atoms with Gasteiger partial charge in [-0.2, -0.15) is 0 Å². The SMILES string of the molecule is CCc1cc2c(=O)[nH]c3cc(C(C)C)ccc3c2[nH]1. The maximum atomic E-state index is 12.1. The number of hydrogen-bond donors (Lipinski definition) is 2.